The molecular formula is C19H24FN4O6+. The Morgan fingerprint density at radius 1 is 1.33 bits per heavy atom. The Morgan fingerprint density at radius 2 is 2.17 bits per heavy atom. The van der Waals surface area contributed by atoms with E-state index in [0.29, 0.717) is 30.3 Å². The molecule has 0 radical (unpaired) electrons. The van der Waals surface area contributed by atoms with Crippen molar-refractivity contribution in [3.63, 3.8) is 0 Å². The molecule has 4 atom stereocenters. The number of nitrogens with one attached hydrogen (secondary N) is 1. The van der Waals surface area contributed by atoms with Crippen molar-refractivity contribution in [2.75, 3.05) is 39.3 Å². The third kappa shape index (κ3) is 3.60. The molecule has 162 valence electrons. The Labute approximate surface area is 171 Å². The molecule has 2 aliphatic rings. The highest BCUT2D eigenvalue weighted by molar-refractivity contribution is 5.77. The van der Waals surface area contributed by atoms with Crippen molar-refractivity contribution in [1.82, 2.24) is 9.55 Å². The zero-order valence-corrected chi connectivity index (χ0v) is 16.7. The average Bonchev–Trinajstić information content (AvgIpc) is 3.05. The van der Waals surface area contributed by atoms with Crippen LogP contribution in [-0.4, -0.2) is 61.9 Å². The molecule has 1 unspecified atom stereocenters. The van der Waals surface area contributed by atoms with E-state index in [4.69, 9.17) is 23.7 Å². The topological polar surface area (TPSA) is 121 Å². The van der Waals surface area contributed by atoms with Crippen molar-refractivity contribution in [3.8, 4) is 17.2 Å². The number of benzene rings is 1. The number of fused-ring (bicyclic) bond motifs is 2. The van der Waals surface area contributed by atoms with E-state index in [1.165, 1.54) is 20.4 Å². The van der Waals surface area contributed by atoms with Gasteiger partial charge in [0, 0.05) is 14.2 Å². The molecule has 0 bridgehead atoms. The molecular weight excluding hydrogens is 399 g/mol. The van der Waals surface area contributed by atoms with E-state index in [1.54, 1.807) is 18.2 Å². The number of ether oxygens (including phenoxy) is 5. The first-order valence-electron chi connectivity index (χ1n) is 9.51. The number of alkyl halides is 1. The highest BCUT2D eigenvalue weighted by atomic mass is 19.1. The molecule has 2 aliphatic heterocycles. The van der Waals surface area contributed by atoms with Gasteiger partial charge in [-0.15, -0.1) is 0 Å². The Hall–Kier alpha value is -2.73. The highest BCUT2D eigenvalue weighted by Crippen LogP contribution is 2.45. The molecule has 1 fully saturated rings. The SMILES string of the molecule is COC[C@H]1O[C@@H](n2cc3c(nc2=O)Nc2c(OCC[NH3+])cccc2O3)[C@@H](F)C1OC. The van der Waals surface area contributed by atoms with Crippen LogP contribution < -0.4 is 26.2 Å². The van der Waals surface area contributed by atoms with Crippen LogP contribution in [0, 0.1) is 0 Å². The number of hydrogen-bond acceptors (Lipinski definition) is 8. The van der Waals surface area contributed by atoms with Gasteiger partial charge in [-0.3, -0.25) is 4.57 Å². The van der Waals surface area contributed by atoms with Crippen molar-refractivity contribution in [1.29, 1.82) is 0 Å². The molecule has 0 amide bonds. The van der Waals surface area contributed by atoms with Gasteiger partial charge in [-0.2, -0.15) is 4.98 Å². The van der Waals surface area contributed by atoms with E-state index >= 15 is 0 Å². The van der Waals surface area contributed by atoms with Crippen molar-refractivity contribution < 1.29 is 33.8 Å². The maximum absolute atomic E-state index is 15.0. The van der Waals surface area contributed by atoms with E-state index in [-0.39, 0.29) is 18.2 Å². The molecule has 2 aromatic rings. The summed E-state index contributed by atoms with van der Waals surface area (Å²) < 4.78 is 43.6. The van der Waals surface area contributed by atoms with Crippen LogP contribution in [0.1, 0.15) is 6.23 Å². The molecule has 4 rings (SSSR count). The number of halogens is 1. The second-order valence-corrected chi connectivity index (χ2v) is 6.87. The van der Waals surface area contributed by atoms with E-state index in [0.717, 1.165) is 4.57 Å². The number of methoxy groups -OCH3 is 2. The van der Waals surface area contributed by atoms with Crippen LogP contribution in [0.2, 0.25) is 0 Å². The molecule has 1 aromatic heterocycles. The van der Waals surface area contributed by atoms with Gasteiger partial charge in [-0.05, 0) is 12.1 Å². The third-order valence-electron chi connectivity index (χ3n) is 4.92. The molecule has 0 aliphatic carbocycles. The fraction of sp³-hybridized carbons (Fsp3) is 0.474. The molecule has 0 saturated carbocycles. The second kappa shape index (κ2) is 8.56. The van der Waals surface area contributed by atoms with Gasteiger partial charge in [0.25, 0.3) is 0 Å². The van der Waals surface area contributed by atoms with E-state index < -0.39 is 30.3 Å². The highest BCUT2D eigenvalue weighted by Gasteiger charge is 2.47. The zero-order chi connectivity index (χ0) is 21.3. The van der Waals surface area contributed by atoms with Gasteiger partial charge in [0.05, 0.1) is 12.8 Å². The van der Waals surface area contributed by atoms with Gasteiger partial charge in [-0.1, -0.05) is 6.07 Å². The summed E-state index contributed by atoms with van der Waals surface area (Å²) in [4.78, 5) is 16.7. The quantitative estimate of drug-likeness (QED) is 0.567. The van der Waals surface area contributed by atoms with Crippen LogP contribution in [0.4, 0.5) is 15.9 Å². The lowest BCUT2D eigenvalue weighted by molar-refractivity contribution is -0.370. The molecule has 1 saturated heterocycles. The summed E-state index contributed by atoms with van der Waals surface area (Å²) in [5.74, 6) is 1.52. The second-order valence-electron chi connectivity index (χ2n) is 6.87. The predicted octanol–water partition coefficient (Wildman–Crippen LogP) is 0.610. The summed E-state index contributed by atoms with van der Waals surface area (Å²) in [5.41, 5.74) is 3.62. The summed E-state index contributed by atoms with van der Waals surface area (Å²) in [5, 5.41) is 3.06. The summed E-state index contributed by atoms with van der Waals surface area (Å²) in [6.45, 7) is 1.16. The van der Waals surface area contributed by atoms with Crippen LogP contribution in [0.15, 0.2) is 29.2 Å². The van der Waals surface area contributed by atoms with Gasteiger partial charge in [-0.25, -0.2) is 9.18 Å². The summed E-state index contributed by atoms with van der Waals surface area (Å²) >= 11 is 0. The van der Waals surface area contributed by atoms with Crippen molar-refractivity contribution >= 4 is 11.5 Å². The standard InChI is InChI=1S/C19H23FN4O6/c1-26-9-13-16(27-2)14(20)18(30-13)24-8-12-17(23-19(24)25)22-15-10(28-7-6-21)4-3-5-11(15)29-12/h3-5,8,13-14,16,18H,6-7,9,21H2,1-2H3,(H,22,23,25)/p+1/t13-,14+,16?,18-/m1/s1. The van der Waals surface area contributed by atoms with Crippen molar-refractivity contribution in [2.24, 2.45) is 0 Å². The first-order valence-corrected chi connectivity index (χ1v) is 9.51. The zero-order valence-electron chi connectivity index (χ0n) is 16.7. The minimum Gasteiger partial charge on any atom is -0.485 e. The molecule has 0 spiro atoms. The van der Waals surface area contributed by atoms with Crippen LogP contribution in [0.5, 0.6) is 17.2 Å². The summed E-state index contributed by atoms with van der Waals surface area (Å²) in [6, 6.07) is 5.30. The molecule has 11 heteroatoms. The monoisotopic (exact) mass is 423 g/mol. The molecule has 3 heterocycles. The van der Waals surface area contributed by atoms with Crippen LogP contribution in [-0.2, 0) is 14.2 Å². The Kier molecular flexibility index (Phi) is 5.86. The minimum absolute atomic E-state index is 0.129. The van der Waals surface area contributed by atoms with Crippen molar-refractivity contribution in [3.05, 3.63) is 34.9 Å². The van der Waals surface area contributed by atoms with Crippen LogP contribution in [0.25, 0.3) is 0 Å². The molecule has 4 N–H and O–H groups in total. The fourth-order valence-electron chi connectivity index (χ4n) is 3.55. The van der Waals surface area contributed by atoms with Crippen LogP contribution >= 0.6 is 0 Å². The summed E-state index contributed by atoms with van der Waals surface area (Å²) in [7, 11) is 2.87. The number of aromatic nitrogens is 2. The first-order chi connectivity index (χ1) is 14.6. The average molecular weight is 423 g/mol. The Bertz CT molecular complexity index is 971. The van der Waals surface area contributed by atoms with E-state index in [9.17, 15) is 9.18 Å². The Morgan fingerprint density at radius 3 is 2.90 bits per heavy atom. The minimum atomic E-state index is -1.58. The lowest BCUT2D eigenvalue weighted by Gasteiger charge is -2.24. The lowest BCUT2D eigenvalue weighted by Crippen LogP contribution is -2.52. The maximum atomic E-state index is 15.0. The number of hydrogen-bond donors (Lipinski definition) is 2. The first kappa shape index (κ1) is 20.5. The van der Waals surface area contributed by atoms with Crippen LogP contribution in [0.3, 0.4) is 0 Å². The number of anilines is 2. The number of nitrogens with zero attached hydrogens (tertiary/aromatic N) is 2. The molecule has 1 aromatic carbocycles. The normalized spacial score (nSPS) is 24.5. The molecule has 10 nitrogen and oxygen atoms in total. The van der Waals surface area contributed by atoms with Gasteiger partial charge in [0.15, 0.2) is 29.7 Å². The van der Waals surface area contributed by atoms with E-state index in [2.05, 4.69) is 16.0 Å². The van der Waals surface area contributed by atoms with Gasteiger partial charge in [0.1, 0.15) is 36.8 Å². The fourth-order valence-corrected chi connectivity index (χ4v) is 3.55. The summed E-state index contributed by atoms with van der Waals surface area (Å²) in [6.07, 6.45) is -2.94. The molecule has 30 heavy (non-hydrogen) atoms. The van der Waals surface area contributed by atoms with Gasteiger partial charge >= 0.3 is 5.69 Å². The number of rotatable bonds is 7. The van der Waals surface area contributed by atoms with E-state index in [1.807, 2.05) is 0 Å². The lowest BCUT2D eigenvalue weighted by atomic mass is 10.1. The van der Waals surface area contributed by atoms with Crippen molar-refractivity contribution in [2.45, 2.75) is 24.6 Å². The number of quaternary nitrogens is 1. The maximum Gasteiger partial charge on any atom is 0.352 e. The smallest absolute Gasteiger partial charge is 0.352 e. The Balaban J connectivity index is 1.64. The third-order valence-corrected chi connectivity index (χ3v) is 4.92. The van der Waals surface area contributed by atoms with Gasteiger partial charge in [0.2, 0.25) is 0 Å². The van der Waals surface area contributed by atoms with Gasteiger partial charge < -0.3 is 34.7 Å². The largest absolute Gasteiger partial charge is 0.485 e. The number of para-hydroxylation sites is 1. The predicted molar refractivity (Wildman–Crippen MR) is 103 cm³/mol.